The van der Waals surface area contributed by atoms with Crippen LogP contribution in [0.2, 0.25) is 19.6 Å². The predicted octanol–water partition coefficient (Wildman–Crippen LogP) is 3.91. The summed E-state index contributed by atoms with van der Waals surface area (Å²) in [6.45, 7) is 6.35. The number of allylic oxidation sites excluding steroid dienone is 2. The van der Waals surface area contributed by atoms with E-state index < -0.39 is 18.2 Å². The summed E-state index contributed by atoms with van der Waals surface area (Å²) in [5.41, 5.74) is 0. The van der Waals surface area contributed by atoms with Gasteiger partial charge >= 0.3 is 0 Å². The highest BCUT2D eigenvalue weighted by atomic mass is 32.2. The van der Waals surface area contributed by atoms with Crippen molar-refractivity contribution in [2.45, 2.75) is 43.5 Å². The largest absolute Gasteiger partial charge is 0.411 e. The molecule has 0 unspecified atom stereocenters. The summed E-state index contributed by atoms with van der Waals surface area (Å²) in [6, 6.07) is 8.55. The van der Waals surface area contributed by atoms with Crippen LogP contribution in [0.15, 0.2) is 58.4 Å². The second kappa shape index (κ2) is 6.30. The normalized spacial score (nSPS) is 20.0. The fourth-order valence-corrected chi connectivity index (χ4v) is 4.73. The van der Waals surface area contributed by atoms with Gasteiger partial charge in [0.2, 0.25) is 9.84 Å². The Kier molecular flexibility index (Phi) is 4.86. The van der Waals surface area contributed by atoms with Crippen molar-refractivity contribution in [1.82, 2.24) is 0 Å². The number of hydrogen-bond donors (Lipinski definition) is 0. The van der Waals surface area contributed by atoms with Crippen molar-refractivity contribution in [3.8, 4) is 0 Å². The van der Waals surface area contributed by atoms with Crippen LogP contribution in [-0.4, -0.2) is 22.8 Å². The Labute approximate surface area is 128 Å². The minimum atomic E-state index is -3.46. The molecule has 0 aliphatic heterocycles. The van der Waals surface area contributed by atoms with Crippen LogP contribution in [0.5, 0.6) is 0 Å². The highest BCUT2D eigenvalue weighted by Crippen LogP contribution is 2.25. The topological polar surface area (TPSA) is 43.4 Å². The molecule has 114 valence electrons. The lowest BCUT2D eigenvalue weighted by atomic mass is 10.2. The van der Waals surface area contributed by atoms with Crippen LogP contribution in [-0.2, 0) is 14.3 Å². The molecule has 0 aromatic heterocycles. The lowest BCUT2D eigenvalue weighted by molar-refractivity contribution is 0.233. The highest BCUT2D eigenvalue weighted by Gasteiger charge is 2.25. The van der Waals surface area contributed by atoms with Crippen LogP contribution in [0.4, 0.5) is 0 Å². The van der Waals surface area contributed by atoms with Gasteiger partial charge in [-0.25, -0.2) is 8.42 Å². The Bertz CT molecular complexity index is 640. The molecule has 21 heavy (non-hydrogen) atoms. The van der Waals surface area contributed by atoms with E-state index in [-0.39, 0.29) is 6.10 Å². The SMILES string of the molecule is C[Si](C)(C)O[C@H]1C=C(S(=O)(=O)c2ccccc2)C=CCC1. The van der Waals surface area contributed by atoms with Gasteiger partial charge in [-0.05, 0) is 56.8 Å². The quantitative estimate of drug-likeness (QED) is 0.789. The molecule has 0 fully saturated rings. The van der Waals surface area contributed by atoms with Crippen molar-refractivity contribution in [1.29, 1.82) is 0 Å². The molecule has 0 saturated heterocycles. The third kappa shape index (κ3) is 4.39. The van der Waals surface area contributed by atoms with Crippen LogP contribution in [0.1, 0.15) is 12.8 Å². The summed E-state index contributed by atoms with van der Waals surface area (Å²) < 4.78 is 31.5. The van der Waals surface area contributed by atoms with Gasteiger partial charge in [-0.1, -0.05) is 24.3 Å². The molecular formula is C16H22O3SSi. The lowest BCUT2D eigenvalue weighted by Crippen LogP contribution is -2.31. The maximum absolute atomic E-state index is 12.7. The summed E-state index contributed by atoms with van der Waals surface area (Å²) in [7, 11) is -5.17. The Morgan fingerprint density at radius 2 is 1.81 bits per heavy atom. The van der Waals surface area contributed by atoms with Gasteiger partial charge in [0.15, 0.2) is 8.32 Å². The first kappa shape index (κ1) is 16.2. The minimum absolute atomic E-state index is 0.125. The van der Waals surface area contributed by atoms with Gasteiger partial charge in [-0.2, -0.15) is 0 Å². The molecule has 1 aliphatic rings. The number of benzene rings is 1. The molecule has 1 aliphatic carbocycles. The second-order valence-corrected chi connectivity index (χ2v) is 12.5. The zero-order chi connectivity index (χ0) is 15.5. The molecule has 0 spiro atoms. The molecule has 0 heterocycles. The Balaban J connectivity index is 2.35. The molecule has 1 atom stereocenters. The summed E-state index contributed by atoms with van der Waals surface area (Å²) in [5.74, 6) is 0. The molecule has 1 aromatic carbocycles. The maximum Gasteiger partial charge on any atom is 0.206 e. The van der Waals surface area contributed by atoms with E-state index >= 15 is 0 Å². The van der Waals surface area contributed by atoms with E-state index in [1.807, 2.05) is 12.1 Å². The molecular weight excluding hydrogens is 300 g/mol. The molecule has 2 rings (SSSR count). The zero-order valence-corrected chi connectivity index (χ0v) is 14.6. The van der Waals surface area contributed by atoms with Crippen molar-refractivity contribution in [3.63, 3.8) is 0 Å². The fraction of sp³-hybridized carbons (Fsp3) is 0.375. The molecule has 5 heteroatoms. The summed E-state index contributed by atoms with van der Waals surface area (Å²) in [5, 5.41) is 0. The Morgan fingerprint density at radius 3 is 2.43 bits per heavy atom. The van der Waals surface area contributed by atoms with Crippen molar-refractivity contribution in [2.75, 3.05) is 0 Å². The third-order valence-electron chi connectivity index (χ3n) is 3.12. The first-order chi connectivity index (χ1) is 9.79. The van der Waals surface area contributed by atoms with E-state index in [0.29, 0.717) is 9.80 Å². The van der Waals surface area contributed by atoms with Crippen molar-refractivity contribution >= 4 is 18.2 Å². The smallest absolute Gasteiger partial charge is 0.206 e. The average Bonchev–Trinajstić information content (AvgIpc) is 2.64. The van der Waals surface area contributed by atoms with Gasteiger partial charge in [-0.15, -0.1) is 0 Å². The predicted molar refractivity (Wildman–Crippen MR) is 88.3 cm³/mol. The van der Waals surface area contributed by atoms with E-state index in [0.717, 1.165) is 12.8 Å². The molecule has 1 aromatic rings. The maximum atomic E-state index is 12.7. The van der Waals surface area contributed by atoms with Crippen LogP contribution >= 0.6 is 0 Å². The monoisotopic (exact) mass is 322 g/mol. The molecule has 3 nitrogen and oxygen atoms in total. The molecule has 0 amide bonds. The van der Waals surface area contributed by atoms with Crippen LogP contribution in [0, 0.1) is 0 Å². The van der Waals surface area contributed by atoms with Crippen LogP contribution < -0.4 is 0 Å². The van der Waals surface area contributed by atoms with Gasteiger partial charge in [0.25, 0.3) is 0 Å². The van der Waals surface area contributed by atoms with Crippen LogP contribution in [0.25, 0.3) is 0 Å². The summed E-state index contributed by atoms with van der Waals surface area (Å²) in [6.07, 6.45) is 6.92. The van der Waals surface area contributed by atoms with Gasteiger partial charge in [0.1, 0.15) is 0 Å². The van der Waals surface area contributed by atoms with Crippen molar-refractivity contribution in [2.24, 2.45) is 0 Å². The molecule has 0 bridgehead atoms. The second-order valence-electron chi connectivity index (χ2n) is 6.13. The number of hydrogen-bond acceptors (Lipinski definition) is 3. The zero-order valence-electron chi connectivity index (χ0n) is 12.7. The van der Waals surface area contributed by atoms with Gasteiger partial charge in [0.05, 0.1) is 15.9 Å². The van der Waals surface area contributed by atoms with Gasteiger partial charge in [-0.3, -0.25) is 0 Å². The summed E-state index contributed by atoms with van der Waals surface area (Å²) in [4.78, 5) is 0.670. The van der Waals surface area contributed by atoms with E-state index in [1.165, 1.54) is 0 Å². The Morgan fingerprint density at radius 1 is 1.14 bits per heavy atom. The number of rotatable bonds is 4. The first-order valence-electron chi connectivity index (χ1n) is 7.15. The average molecular weight is 323 g/mol. The third-order valence-corrected chi connectivity index (χ3v) is 5.91. The van der Waals surface area contributed by atoms with E-state index in [1.54, 1.807) is 36.4 Å². The van der Waals surface area contributed by atoms with Crippen molar-refractivity contribution < 1.29 is 12.8 Å². The highest BCUT2D eigenvalue weighted by molar-refractivity contribution is 7.95. The lowest BCUT2D eigenvalue weighted by Gasteiger charge is -2.24. The van der Waals surface area contributed by atoms with Gasteiger partial charge < -0.3 is 4.43 Å². The summed E-state index contributed by atoms with van der Waals surface area (Å²) >= 11 is 0. The fourth-order valence-electron chi connectivity index (χ4n) is 2.24. The number of sulfone groups is 1. The van der Waals surface area contributed by atoms with E-state index in [2.05, 4.69) is 19.6 Å². The van der Waals surface area contributed by atoms with E-state index in [4.69, 9.17) is 4.43 Å². The Hall–Kier alpha value is -1.17. The molecule has 0 N–H and O–H groups in total. The first-order valence-corrected chi connectivity index (χ1v) is 12.0. The van der Waals surface area contributed by atoms with Crippen LogP contribution in [0.3, 0.4) is 0 Å². The minimum Gasteiger partial charge on any atom is -0.411 e. The molecule has 0 saturated carbocycles. The van der Waals surface area contributed by atoms with Gasteiger partial charge in [0, 0.05) is 0 Å². The van der Waals surface area contributed by atoms with E-state index in [9.17, 15) is 8.42 Å². The standard InChI is InChI=1S/C16H22O3SSi/c1-21(2,3)19-14-9-7-8-12-16(13-14)20(17,18)15-10-5-4-6-11-15/h4-6,8,10-14H,7,9H2,1-3H3/t14-/m1/s1. The molecule has 0 radical (unpaired) electrons. The van der Waals surface area contributed by atoms with Crippen molar-refractivity contribution in [3.05, 3.63) is 53.5 Å².